The van der Waals surface area contributed by atoms with E-state index in [1.807, 2.05) is 6.92 Å². The van der Waals surface area contributed by atoms with E-state index >= 15 is 0 Å². The number of carbonyl (C=O) groups excluding carboxylic acids is 7. The van der Waals surface area contributed by atoms with Crippen molar-refractivity contribution in [1.29, 1.82) is 0 Å². The zero-order valence-corrected chi connectivity index (χ0v) is 47.4. The molecule has 28 heteroatoms. The average molecular weight is 1130 g/mol. The van der Waals surface area contributed by atoms with E-state index in [-0.39, 0.29) is 69.1 Å². The number of nitrogens with one attached hydrogen (secondary N) is 6. The fourth-order valence-electron chi connectivity index (χ4n) is 10.6. The molecule has 3 heterocycles. The van der Waals surface area contributed by atoms with Gasteiger partial charge in [-0.05, 0) is 88.2 Å². The largest absolute Gasteiger partial charge is 0.394 e. The predicted octanol–water partition coefficient (Wildman–Crippen LogP) is -3.59. The summed E-state index contributed by atoms with van der Waals surface area (Å²) in [6.07, 6.45) is -3.52. The quantitative estimate of drug-likeness (QED) is 0.0162. The fourth-order valence-corrected chi connectivity index (χ4v) is 10.6. The SMILES string of the molecule is [B]C1C(O)C(CO)OC(CCCCNCC(=O)N(CCCCC2OC(CO)C(O)C([B])C2NC(C)=O)CC(=O)C(CCCCC2OC(CO)C(O)C([B])C2NC(C)=O)COCNCNC(=O)C(CC)CC(C)C(N)=O)C1NC(C)=O. The molecule has 0 spiro atoms. The van der Waals surface area contributed by atoms with E-state index in [1.54, 1.807) is 6.92 Å². The Morgan fingerprint density at radius 1 is 0.637 bits per heavy atom. The lowest BCUT2D eigenvalue weighted by Gasteiger charge is -2.44. The Morgan fingerprint density at radius 2 is 1.09 bits per heavy atom. The van der Waals surface area contributed by atoms with E-state index < -0.39 is 140 Å². The molecule has 0 aromatic heterocycles. The van der Waals surface area contributed by atoms with Crippen molar-refractivity contribution in [3.05, 3.63) is 0 Å². The summed E-state index contributed by atoms with van der Waals surface area (Å²) in [5, 5.41) is 78.5. The summed E-state index contributed by atoms with van der Waals surface area (Å²) in [4.78, 5) is 90.8. The minimum atomic E-state index is -1.24. The molecule has 6 radical (unpaired) electrons. The van der Waals surface area contributed by atoms with Crippen molar-refractivity contribution < 1.29 is 83.1 Å². The second kappa shape index (κ2) is 36.7. The minimum Gasteiger partial charge on any atom is -0.394 e. The average Bonchev–Trinajstić information content (AvgIpc) is 3.50. The van der Waals surface area contributed by atoms with Crippen LogP contribution < -0.4 is 37.6 Å². The molecule has 3 rings (SSSR count). The number of Topliss-reactive ketones (excluding diaryl/α,β-unsaturated/α-hetero) is 1. The number of unbranched alkanes of at least 4 members (excludes halogenated alkanes) is 3. The van der Waals surface area contributed by atoms with Gasteiger partial charge in [0.2, 0.25) is 35.4 Å². The number of aliphatic hydroxyl groups is 6. The number of rotatable bonds is 37. The fraction of sp³-hybridized carbons (Fsp3) is 0.865. The number of aliphatic hydroxyl groups excluding tert-OH is 6. The van der Waals surface area contributed by atoms with E-state index in [2.05, 4.69) is 31.9 Å². The van der Waals surface area contributed by atoms with Crippen LogP contribution in [-0.4, -0.2) is 239 Å². The Labute approximate surface area is 475 Å². The Kier molecular flexibility index (Phi) is 32.3. The van der Waals surface area contributed by atoms with Crippen LogP contribution in [0.2, 0.25) is 17.5 Å². The highest BCUT2D eigenvalue weighted by Gasteiger charge is 2.45. The summed E-state index contributed by atoms with van der Waals surface area (Å²) < 4.78 is 23.9. The number of nitrogens with two attached hydrogens (primary N) is 1. The minimum absolute atomic E-state index is 0.0236. The van der Waals surface area contributed by atoms with Crippen molar-refractivity contribution in [1.82, 2.24) is 36.8 Å². The highest BCUT2D eigenvalue weighted by atomic mass is 16.5. The molecule has 18 atom stereocenters. The van der Waals surface area contributed by atoms with Crippen LogP contribution >= 0.6 is 0 Å². The van der Waals surface area contributed by atoms with Gasteiger partial charge < -0.3 is 86.8 Å². The van der Waals surface area contributed by atoms with E-state index in [0.717, 1.165) is 0 Å². The van der Waals surface area contributed by atoms with Crippen LogP contribution in [0.25, 0.3) is 0 Å². The zero-order chi connectivity index (χ0) is 59.6. The standard InChI is InChI=1S/C52H91B3N8O17/c1-6-32(19-28(2)51(56)75)52(76)59-26-58-27-77-25-33(13-7-8-14-35-45(60-29(3)67)42(53)48(72)38(22-64)78-35)34(70)21-63(18-12-10-16-37-47(62-31(5)69)44(55)50(74)40(24-66)80-37)41(71)20-57-17-11-9-15-36-46(61-30(4)68)43(54)49(73)39(23-65)79-36/h28,32-33,35-40,42-50,57-58,64-66,72-74H,6-27H2,1-5H3,(H2,56,75)(H,59,76)(H,60,67)(H,61,68)(H,62,69). The Morgan fingerprint density at radius 3 is 1.51 bits per heavy atom. The molecule has 450 valence electrons. The highest BCUT2D eigenvalue weighted by Crippen LogP contribution is 2.34. The molecule has 18 unspecified atom stereocenters. The van der Waals surface area contributed by atoms with Crippen LogP contribution in [-0.2, 0) is 52.5 Å². The Bertz CT molecular complexity index is 1930. The number of carbonyl (C=O) groups is 7. The maximum atomic E-state index is 14.5. The van der Waals surface area contributed by atoms with Crippen LogP contribution in [0.5, 0.6) is 0 Å². The number of amides is 6. The summed E-state index contributed by atoms with van der Waals surface area (Å²) in [7, 11) is 18.9. The monoisotopic (exact) mass is 1130 g/mol. The first-order chi connectivity index (χ1) is 38.0. The van der Waals surface area contributed by atoms with Gasteiger partial charge in [-0.3, -0.25) is 38.9 Å². The number of primary amides is 1. The van der Waals surface area contributed by atoms with Gasteiger partial charge in [0.05, 0.1) is 131 Å². The second-order valence-corrected chi connectivity index (χ2v) is 21.6. The van der Waals surface area contributed by atoms with Gasteiger partial charge in [0.1, 0.15) is 18.3 Å². The second-order valence-electron chi connectivity index (χ2n) is 21.6. The van der Waals surface area contributed by atoms with Gasteiger partial charge in [-0.15, -0.1) is 0 Å². The van der Waals surface area contributed by atoms with Crippen LogP contribution in [0.15, 0.2) is 0 Å². The maximum absolute atomic E-state index is 14.5. The lowest BCUT2D eigenvalue weighted by atomic mass is 9.70. The smallest absolute Gasteiger partial charge is 0.236 e. The molecule has 0 aromatic carbocycles. The molecule has 3 saturated heterocycles. The van der Waals surface area contributed by atoms with Crippen LogP contribution in [0.3, 0.4) is 0 Å². The molecule has 14 N–H and O–H groups in total. The van der Waals surface area contributed by atoms with Crippen molar-refractivity contribution in [3.8, 4) is 0 Å². The van der Waals surface area contributed by atoms with Crippen LogP contribution in [0, 0.1) is 17.8 Å². The normalized spacial score (nSPS) is 29.8. The van der Waals surface area contributed by atoms with Crippen molar-refractivity contribution >= 4 is 64.8 Å². The Hall–Kier alpha value is -3.80. The molecule has 0 saturated carbocycles. The molecule has 3 fully saturated rings. The summed E-state index contributed by atoms with van der Waals surface area (Å²) in [6, 6.07) is -2.23. The molecule has 3 aliphatic rings. The first kappa shape index (κ1) is 70.5. The molecule has 3 aliphatic heterocycles. The lowest BCUT2D eigenvalue weighted by Crippen LogP contribution is -2.58. The third-order valence-electron chi connectivity index (χ3n) is 15.3. The van der Waals surface area contributed by atoms with E-state index in [9.17, 15) is 64.2 Å². The molecule has 0 aliphatic carbocycles. The third-order valence-corrected chi connectivity index (χ3v) is 15.3. The molecular formula is C52H91B3N8O17. The van der Waals surface area contributed by atoms with Crippen molar-refractivity contribution in [3.63, 3.8) is 0 Å². The van der Waals surface area contributed by atoms with Crippen LogP contribution in [0.4, 0.5) is 0 Å². The van der Waals surface area contributed by atoms with Gasteiger partial charge in [-0.2, -0.15) is 0 Å². The molecule has 0 aromatic rings. The predicted molar refractivity (Wildman–Crippen MR) is 294 cm³/mol. The number of hydrogen-bond donors (Lipinski definition) is 13. The van der Waals surface area contributed by atoms with Gasteiger partial charge in [0.25, 0.3) is 0 Å². The maximum Gasteiger partial charge on any atom is 0.236 e. The van der Waals surface area contributed by atoms with Crippen molar-refractivity contribution in [2.45, 2.75) is 202 Å². The Balaban J connectivity index is 1.77. The van der Waals surface area contributed by atoms with Gasteiger partial charge in [0, 0.05) is 45.1 Å². The summed E-state index contributed by atoms with van der Waals surface area (Å²) in [5.41, 5.74) is 5.42. The molecule has 25 nitrogen and oxygen atoms in total. The summed E-state index contributed by atoms with van der Waals surface area (Å²) in [6.45, 7) is 5.90. The van der Waals surface area contributed by atoms with E-state index in [0.29, 0.717) is 83.6 Å². The highest BCUT2D eigenvalue weighted by molar-refractivity contribution is 6.13. The number of nitrogens with zero attached hydrogens (tertiary/aromatic N) is 1. The topological polar surface area (TPSA) is 379 Å². The number of hydrogen-bond acceptors (Lipinski definition) is 19. The molecule has 0 bridgehead atoms. The first-order valence-electron chi connectivity index (χ1n) is 28.3. The molecule has 6 amide bonds. The summed E-state index contributed by atoms with van der Waals surface area (Å²) >= 11 is 0. The lowest BCUT2D eigenvalue weighted by molar-refractivity contribution is -0.152. The number of ketones is 1. The van der Waals surface area contributed by atoms with E-state index in [4.69, 9.17) is 48.2 Å². The molecular weight excluding hydrogens is 1040 g/mol. The third kappa shape index (κ3) is 22.8. The van der Waals surface area contributed by atoms with Gasteiger partial charge in [-0.25, -0.2) is 0 Å². The van der Waals surface area contributed by atoms with E-state index in [1.165, 1.54) is 25.7 Å². The molecule has 80 heavy (non-hydrogen) atoms. The van der Waals surface area contributed by atoms with Crippen LogP contribution in [0.1, 0.15) is 112 Å². The van der Waals surface area contributed by atoms with Gasteiger partial charge in [0.15, 0.2) is 5.78 Å². The van der Waals surface area contributed by atoms with Crippen molar-refractivity contribution in [2.24, 2.45) is 23.5 Å². The van der Waals surface area contributed by atoms with Gasteiger partial charge in [-0.1, -0.05) is 26.7 Å². The van der Waals surface area contributed by atoms with Gasteiger partial charge >= 0.3 is 0 Å². The van der Waals surface area contributed by atoms with Crippen molar-refractivity contribution in [2.75, 3.05) is 66.0 Å². The number of ether oxygens (including phenoxy) is 4. The zero-order valence-electron chi connectivity index (χ0n) is 47.4. The summed E-state index contributed by atoms with van der Waals surface area (Å²) in [5.74, 6) is -7.01. The first-order valence-corrected chi connectivity index (χ1v) is 28.3.